The molecule has 0 aromatic heterocycles. The zero-order valence-corrected chi connectivity index (χ0v) is 19.6. The Bertz CT molecular complexity index is 886. The number of esters is 1. The number of hydrogen-bond donors (Lipinski definition) is 1. The number of aromatic hydroxyl groups is 1. The Morgan fingerprint density at radius 3 is 1.97 bits per heavy atom. The van der Waals surface area contributed by atoms with Crippen LogP contribution in [0.25, 0.3) is 11.1 Å². The molecule has 0 aliphatic rings. The first-order chi connectivity index (χ1) is 12.2. The number of phenols is 1. The molecule has 0 saturated carbocycles. The van der Waals surface area contributed by atoms with Gasteiger partial charge in [0.25, 0.3) is 0 Å². The van der Waals surface area contributed by atoms with Crippen LogP contribution >= 0.6 is 0 Å². The molecule has 0 amide bonds. The van der Waals surface area contributed by atoms with E-state index in [2.05, 4.69) is 6.92 Å². The first-order valence-corrected chi connectivity index (χ1v) is 8.37. The summed E-state index contributed by atoms with van der Waals surface area (Å²) in [6, 6.07) is 21.7. The van der Waals surface area contributed by atoms with E-state index >= 15 is 0 Å². The van der Waals surface area contributed by atoms with Crippen molar-refractivity contribution < 1.29 is 73.6 Å². The van der Waals surface area contributed by atoms with Crippen molar-refractivity contribution in [1.82, 2.24) is 0 Å². The average molecular weight is 487 g/mol. The van der Waals surface area contributed by atoms with Crippen LogP contribution in [0.2, 0.25) is 0 Å². The van der Waals surface area contributed by atoms with Gasteiger partial charge in [0.15, 0.2) is 0 Å². The van der Waals surface area contributed by atoms with E-state index in [4.69, 9.17) is 4.74 Å². The first-order valence-electron chi connectivity index (χ1n) is 8.37. The van der Waals surface area contributed by atoms with Crippen LogP contribution in [0.15, 0.2) is 72.8 Å². The number of para-hydroxylation sites is 2. The minimum Gasteiger partial charge on any atom is -1.00 e. The standard InChI is InChI=1S/C22H20O3.3ClH.Ti/c1-2-7-16-12-14-17(15-13-16)22(24)25-21-11-6-4-9-19(21)18-8-3-5-10-20(18)23;;;;/h3-6,8-15,23H,2,7H2,1H3;3*1H;/q;;;;+3/p-3. The van der Waals surface area contributed by atoms with E-state index in [1.807, 2.05) is 30.3 Å². The van der Waals surface area contributed by atoms with Gasteiger partial charge in [0.1, 0.15) is 11.5 Å². The smallest absolute Gasteiger partial charge is 1.00 e. The molecule has 151 valence electrons. The van der Waals surface area contributed by atoms with Gasteiger partial charge < -0.3 is 47.1 Å². The molecule has 0 atom stereocenters. The van der Waals surface area contributed by atoms with E-state index in [-0.39, 0.29) is 64.7 Å². The van der Waals surface area contributed by atoms with E-state index < -0.39 is 5.97 Å². The summed E-state index contributed by atoms with van der Waals surface area (Å²) in [6.45, 7) is 2.12. The Labute approximate surface area is 205 Å². The van der Waals surface area contributed by atoms with Crippen LogP contribution in [0, 0.1) is 0 Å². The van der Waals surface area contributed by atoms with Crippen LogP contribution in [-0.2, 0) is 28.1 Å². The normalized spacial score (nSPS) is 9.00. The van der Waals surface area contributed by atoms with Gasteiger partial charge in [0.05, 0.1) is 5.56 Å². The minimum atomic E-state index is -0.411. The molecule has 7 heteroatoms. The summed E-state index contributed by atoms with van der Waals surface area (Å²) in [4.78, 5) is 12.5. The Hall–Kier alpha value is -1.49. The summed E-state index contributed by atoms with van der Waals surface area (Å²) >= 11 is 0. The average Bonchev–Trinajstić information content (AvgIpc) is 2.64. The minimum absolute atomic E-state index is 0. The summed E-state index contributed by atoms with van der Waals surface area (Å²) in [5, 5.41) is 10.1. The van der Waals surface area contributed by atoms with Gasteiger partial charge in [-0.15, -0.1) is 0 Å². The molecule has 3 aromatic carbocycles. The van der Waals surface area contributed by atoms with Gasteiger partial charge in [-0.25, -0.2) is 4.79 Å². The number of carbonyl (C=O) groups is 1. The Kier molecular flexibility index (Phi) is 14.8. The van der Waals surface area contributed by atoms with Crippen molar-refractivity contribution in [2.24, 2.45) is 0 Å². The molecule has 0 heterocycles. The summed E-state index contributed by atoms with van der Waals surface area (Å²) in [7, 11) is 0. The fraction of sp³-hybridized carbons (Fsp3) is 0.136. The molecular formula is C22H20Cl3O3Ti. The second kappa shape index (κ2) is 14.5. The number of rotatable bonds is 5. The molecule has 0 saturated heterocycles. The fourth-order valence-corrected chi connectivity index (χ4v) is 2.73. The second-order valence-corrected chi connectivity index (χ2v) is 5.85. The Morgan fingerprint density at radius 2 is 1.38 bits per heavy atom. The van der Waals surface area contributed by atoms with Crippen LogP contribution < -0.4 is 42.0 Å². The van der Waals surface area contributed by atoms with Crippen molar-refractivity contribution in [1.29, 1.82) is 0 Å². The summed E-state index contributed by atoms with van der Waals surface area (Å²) < 4.78 is 5.59. The molecule has 0 bridgehead atoms. The van der Waals surface area contributed by atoms with Crippen molar-refractivity contribution in [3.63, 3.8) is 0 Å². The van der Waals surface area contributed by atoms with Gasteiger partial charge in [0.2, 0.25) is 0 Å². The van der Waals surface area contributed by atoms with E-state index in [9.17, 15) is 9.90 Å². The predicted octanol–water partition coefficient (Wildman–Crippen LogP) is -3.76. The molecule has 0 unspecified atom stereocenters. The van der Waals surface area contributed by atoms with Crippen LogP contribution in [0.3, 0.4) is 0 Å². The van der Waals surface area contributed by atoms with Crippen molar-refractivity contribution in [3.8, 4) is 22.6 Å². The predicted molar refractivity (Wildman–Crippen MR) is 98.9 cm³/mol. The van der Waals surface area contributed by atoms with Crippen LogP contribution in [0.4, 0.5) is 0 Å². The zero-order chi connectivity index (χ0) is 17.6. The third-order valence-corrected chi connectivity index (χ3v) is 4.01. The monoisotopic (exact) mass is 485 g/mol. The third kappa shape index (κ3) is 7.69. The molecular weight excluding hydrogens is 466 g/mol. The zero-order valence-electron chi connectivity index (χ0n) is 15.7. The van der Waals surface area contributed by atoms with Gasteiger partial charge in [0, 0.05) is 11.1 Å². The molecule has 1 N–H and O–H groups in total. The first kappa shape index (κ1) is 29.7. The number of benzene rings is 3. The van der Waals surface area contributed by atoms with Gasteiger partial charge >= 0.3 is 27.7 Å². The Balaban J connectivity index is 0. The van der Waals surface area contributed by atoms with Gasteiger partial charge in [-0.2, -0.15) is 0 Å². The fourth-order valence-electron chi connectivity index (χ4n) is 2.73. The molecule has 1 radical (unpaired) electrons. The third-order valence-electron chi connectivity index (χ3n) is 4.01. The molecule has 3 rings (SSSR count). The van der Waals surface area contributed by atoms with Gasteiger partial charge in [-0.3, -0.25) is 0 Å². The second-order valence-electron chi connectivity index (χ2n) is 5.85. The number of halogens is 3. The molecule has 0 aliphatic carbocycles. The van der Waals surface area contributed by atoms with Crippen molar-refractivity contribution >= 4 is 5.97 Å². The largest absolute Gasteiger partial charge is 3.00 e. The number of hydrogen-bond acceptors (Lipinski definition) is 3. The van der Waals surface area contributed by atoms with Crippen LogP contribution in [0.5, 0.6) is 11.5 Å². The maximum Gasteiger partial charge on any atom is 3.00 e. The number of carbonyl (C=O) groups excluding carboxylic acids is 1. The van der Waals surface area contributed by atoms with Crippen LogP contribution in [0.1, 0.15) is 29.3 Å². The quantitative estimate of drug-likeness (QED) is 0.229. The molecule has 3 aromatic rings. The van der Waals surface area contributed by atoms with Crippen molar-refractivity contribution in [2.45, 2.75) is 19.8 Å². The van der Waals surface area contributed by atoms with Crippen LogP contribution in [-0.4, -0.2) is 11.1 Å². The van der Waals surface area contributed by atoms with E-state index in [1.54, 1.807) is 42.5 Å². The molecule has 0 fully saturated rings. The number of aryl methyl sites for hydroxylation is 1. The number of phenolic OH excluding ortho intramolecular Hbond substituents is 1. The molecule has 3 nitrogen and oxygen atoms in total. The van der Waals surface area contributed by atoms with Gasteiger partial charge in [-0.1, -0.05) is 61.9 Å². The molecule has 0 aliphatic heterocycles. The van der Waals surface area contributed by atoms with E-state index in [0.29, 0.717) is 22.4 Å². The Morgan fingerprint density at radius 1 is 0.828 bits per heavy atom. The molecule has 0 spiro atoms. The van der Waals surface area contributed by atoms with Gasteiger partial charge in [-0.05, 0) is 36.2 Å². The van der Waals surface area contributed by atoms with E-state index in [0.717, 1.165) is 12.8 Å². The maximum atomic E-state index is 12.5. The molecule has 29 heavy (non-hydrogen) atoms. The number of ether oxygens (including phenoxy) is 1. The summed E-state index contributed by atoms with van der Waals surface area (Å²) in [5.41, 5.74) is 3.02. The summed E-state index contributed by atoms with van der Waals surface area (Å²) in [6.07, 6.45) is 2.06. The topological polar surface area (TPSA) is 46.5 Å². The van der Waals surface area contributed by atoms with E-state index in [1.165, 1.54) is 5.56 Å². The maximum absolute atomic E-state index is 12.5. The van der Waals surface area contributed by atoms with Crippen molar-refractivity contribution in [3.05, 3.63) is 83.9 Å². The SMILES string of the molecule is CCCc1ccc(C(=O)Oc2ccccc2-c2ccccc2O)cc1.[Cl-].[Cl-].[Cl-].[Ti+3]. The van der Waals surface area contributed by atoms with Crippen molar-refractivity contribution in [2.75, 3.05) is 0 Å². The summed E-state index contributed by atoms with van der Waals surface area (Å²) in [5.74, 6) is 0.160.